The van der Waals surface area contributed by atoms with Crippen LogP contribution in [0.5, 0.6) is 0 Å². The quantitative estimate of drug-likeness (QED) is 0.753. The summed E-state index contributed by atoms with van der Waals surface area (Å²) in [5.74, 6) is 0. The van der Waals surface area contributed by atoms with Gasteiger partial charge in [-0.2, -0.15) is 0 Å². The first kappa shape index (κ1) is 14.0. The normalized spacial score (nSPS) is 9.47. The Morgan fingerprint density at radius 1 is 0.867 bits per heavy atom. The highest BCUT2D eigenvalue weighted by Gasteiger charge is 1.97. The van der Waals surface area contributed by atoms with Crippen molar-refractivity contribution in [3.8, 4) is 0 Å². The van der Waals surface area contributed by atoms with E-state index in [9.17, 15) is 0 Å². The maximum absolute atomic E-state index is 2.33. The van der Waals surface area contributed by atoms with Crippen LogP contribution in [0.3, 0.4) is 0 Å². The highest BCUT2D eigenvalue weighted by molar-refractivity contribution is 5.45. The molecule has 0 unspecified atom stereocenters. The summed E-state index contributed by atoms with van der Waals surface area (Å²) >= 11 is 0. The van der Waals surface area contributed by atoms with Gasteiger partial charge in [0.15, 0.2) is 0 Å². The first-order chi connectivity index (χ1) is 7.11. The molecule has 0 amide bonds. The van der Waals surface area contributed by atoms with E-state index in [-0.39, 0.29) is 0 Å². The van der Waals surface area contributed by atoms with Gasteiger partial charge in [-0.05, 0) is 47.1 Å². The van der Waals surface area contributed by atoms with E-state index in [1.54, 1.807) is 0 Å². The Hall–Kier alpha value is -1.02. The lowest BCUT2D eigenvalue weighted by Gasteiger charge is -2.20. The van der Waals surface area contributed by atoms with Crippen molar-refractivity contribution in [3.05, 3.63) is 30.3 Å². The molecule has 0 aliphatic carbocycles. The summed E-state index contributed by atoms with van der Waals surface area (Å²) in [5, 5.41) is 0. The second-order valence-electron chi connectivity index (χ2n) is 3.85. The van der Waals surface area contributed by atoms with Gasteiger partial charge in [0.05, 0.1) is 0 Å². The number of anilines is 1. The van der Waals surface area contributed by atoms with Gasteiger partial charge in [0.25, 0.3) is 0 Å². The van der Waals surface area contributed by atoms with E-state index >= 15 is 0 Å². The van der Waals surface area contributed by atoms with Crippen LogP contribution in [0.4, 0.5) is 5.69 Å². The van der Waals surface area contributed by atoms with Crippen LogP contribution in [0, 0.1) is 0 Å². The lowest BCUT2D eigenvalue weighted by molar-refractivity contribution is 0.505. The van der Waals surface area contributed by atoms with Crippen molar-refractivity contribution in [2.45, 2.75) is 13.8 Å². The van der Waals surface area contributed by atoms with Crippen molar-refractivity contribution < 1.29 is 0 Å². The highest BCUT2D eigenvalue weighted by Crippen LogP contribution is 2.11. The summed E-state index contributed by atoms with van der Waals surface area (Å²) in [6.07, 6.45) is 0. The van der Waals surface area contributed by atoms with Gasteiger partial charge in [0.2, 0.25) is 0 Å². The zero-order chi connectivity index (χ0) is 11.7. The fraction of sp³-hybridized carbons (Fsp3) is 0.538. The molecule has 0 N–H and O–H groups in total. The van der Waals surface area contributed by atoms with E-state index in [1.165, 1.54) is 5.69 Å². The van der Waals surface area contributed by atoms with Crippen LogP contribution in [0.25, 0.3) is 0 Å². The van der Waals surface area contributed by atoms with Crippen molar-refractivity contribution in [1.82, 2.24) is 4.90 Å². The molecule has 1 aromatic rings. The van der Waals surface area contributed by atoms with Gasteiger partial charge in [0.1, 0.15) is 0 Å². The van der Waals surface area contributed by atoms with Gasteiger partial charge in [0, 0.05) is 18.8 Å². The monoisotopic (exact) mass is 208 g/mol. The first-order valence-corrected chi connectivity index (χ1v) is 5.52. The van der Waals surface area contributed by atoms with Crippen molar-refractivity contribution >= 4 is 5.69 Å². The Bertz CT molecular complexity index is 225. The predicted molar refractivity (Wildman–Crippen MR) is 69.6 cm³/mol. The highest BCUT2D eigenvalue weighted by atomic mass is 15.1. The molecule has 0 heterocycles. The Balaban J connectivity index is 0.000000423. The Kier molecular flexibility index (Phi) is 7.74. The fourth-order valence-electron chi connectivity index (χ4n) is 1.23. The molecule has 15 heavy (non-hydrogen) atoms. The minimum Gasteiger partial charge on any atom is -0.372 e. The largest absolute Gasteiger partial charge is 0.372 e. The van der Waals surface area contributed by atoms with Gasteiger partial charge in [-0.3, -0.25) is 0 Å². The molecule has 0 atom stereocenters. The molecule has 0 saturated heterocycles. The second kappa shape index (κ2) is 8.30. The maximum Gasteiger partial charge on any atom is 0.0365 e. The average molecular weight is 208 g/mol. The predicted octanol–water partition coefficient (Wildman–Crippen LogP) is 2.71. The summed E-state index contributed by atoms with van der Waals surface area (Å²) in [7, 11) is 6.00. The topological polar surface area (TPSA) is 6.48 Å². The maximum atomic E-state index is 2.33. The van der Waals surface area contributed by atoms with E-state index in [2.05, 4.69) is 43.0 Å². The van der Waals surface area contributed by atoms with Crippen LogP contribution in [0.2, 0.25) is 0 Å². The summed E-state index contributed by atoms with van der Waals surface area (Å²) in [6, 6.07) is 10.5. The summed E-state index contributed by atoms with van der Waals surface area (Å²) in [5.41, 5.74) is 1.32. The lowest BCUT2D eigenvalue weighted by Crippen LogP contribution is -2.21. The van der Waals surface area contributed by atoms with E-state index in [0.717, 1.165) is 13.1 Å². The van der Waals surface area contributed by atoms with Crippen molar-refractivity contribution in [2.24, 2.45) is 0 Å². The molecule has 1 rings (SSSR count). The molecule has 0 bridgehead atoms. The van der Waals surface area contributed by atoms with Crippen LogP contribution in [0.15, 0.2) is 30.3 Å². The smallest absolute Gasteiger partial charge is 0.0365 e. The average Bonchev–Trinajstić information content (AvgIpc) is 2.20. The minimum atomic E-state index is 1.08. The van der Waals surface area contributed by atoms with Gasteiger partial charge in [-0.25, -0.2) is 0 Å². The molecule has 2 nitrogen and oxygen atoms in total. The van der Waals surface area contributed by atoms with Gasteiger partial charge in [-0.1, -0.05) is 18.2 Å². The van der Waals surface area contributed by atoms with Crippen molar-refractivity contribution in [3.63, 3.8) is 0 Å². The Labute approximate surface area is 94.5 Å². The third kappa shape index (κ3) is 6.97. The number of nitrogens with zero attached hydrogens (tertiary/aromatic N) is 2. The Morgan fingerprint density at radius 3 is 1.60 bits per heavy atom. The van der Waals surface area contributed by atoms with Crippen LogP contribution >= 0.6 is 0 Å². The van der Waals surface area contributed by atoms with Gasteiger partial charge >= 0.3 is 0 Å². The SMILES string of the molecule is CCN(CC)c1ccccc1.CN(C)C. The number of benzene rings is 1. The van der Waals surface area contributed by atoms with Crippen LogP contribution in [0.1, 0.15) is 13.8 Å². The number of hydrogen-bond donors (Lipinski definition) is 0. The first-order valence-electron chi connectivity index (χ1n) is 5.52. The van der Waals surface area contributed by atoms with E-state index in [4.69, 9.17) is 0 Å². The zero-order valence-corrected chi connectivity index (χ0v) is 10.7. The summed E-state index contributed by atoms with van der Waals surface area (Å²) < 4.78 is 0. The molecule has 2 heteroatoms. The third-order valence-electron chi connectivity index (χ3n) is 1.88. The molecule has 0 aliphatic rings. The van der Waals surface area contributed by atoms with Crippen LogP contribution < -0.4 is 4.90 Å². The molecule has 0 aromatic heterocycles. The summed E-state index contributed by atoms with van der Waals surface area (Å²) in [6.45, 7) is 6.52. The van der Waals surface area contributed by atoms with Crippen molar-refractivity contribution in [1.29, 1.82) is 0 Å². The number of hydrogen-bond acceptors (Lipinski definition) is 2. The molecule has 0 saturated carbocycles. The molecule has 0 radical (unpaired) electrons. The van der Waals surface area contributed by atoms with E-state index in [0.29, 0.717) is 0 Å². The molecule has 0 aliphatic heterocycles. The van der Waals surface area contributed by atoms with Gasteiger partial charge < -0.3 is 9.80 Å². The molecule has 0 spiro atoms. The molecular formula is C13H24N2. The van der Waals surface area contributed by atoms with Crippen LogP contribution in [-0.4, -0.2) is 39.1 Å². The van der Waals surface area contributed by atoms with E-state index < -0.39 is 0 Å². The third-order valence-corrected chi connectivity index (χ3v) is 1.88. The van der Waals surface area contributed by atoms with E-state index in [1.807, 2.05) is 32.1 Å². The lowest BCUT2D eigenvalue weighted by atomic mass is 10.3. The molecular weight excluding hydrogens is 184 g/mol. The number of para-hydroxylation sites is 1. The fourth-order valence-corrected chi connectivity index (χ4v) is 1.23. The van der Waals surface area contributed by atoms with Gasteiger partial charge in [-0.15, -0.1) is 0 Å². The van der Waals surface area contributed by atoms with Crippen LogP contribution in [-0.2, 0) is 0 Å². The Morgan fingerprint density at radius 2 is 1.27 bits per heavy atom. The molecule has 1 aromatic carbocycles. The zero-order valence-electron chi connectivity index (χ0n) is 10.7. The number of rotatable bonds is 3. The molecule has 0 fully saturated rings. The minimum absolute atomic E-state index is 1.08. The summed E-state index contributed by atoms with van der Waals surface area (Å²) in [4.78, 5) is 4.33. The standard InChI is InChI=1S/C10H15N.C3H9N/c1-3-11(4-2)10-8-6-5-7-9-10;1-4(2)3/h5-9H,3-4H2,1-2H3;1-3H3. The molecule has 86 valence electrons. The van der Waals surface area contributed by atoms with Crippen molar-refractivity contribution in [2.75, 3.05) is 39.1 Å². The second-order valence-corrected chi connectivity index (χ2v) is 3.85.